The molecule has 0 aliphatic heterocycles. The molecule has 2 aromatic carbocycles. The van der Waals surface area contributed by atoms with Gasteiger partial charge in [-0.1, -0.05) is 64.3 Å². The summed E-state index contributed by atoms with van der Waals surface area (Å²) in [5, 5.41) is 5.12. The van der Waals surface area contributed by atoms with Crippen LogP contribution in [0.15, 0.2) is 46.9 Å². The van der Waals surface area contributed by atoms with Crippen molar-refractivity contribution in [1.82, 2.24) is 5.32 Å². The third kappa shape index (κ3) is 5.00. The monoisotopic (exact) mass is 385 g/mol. The minimum absolute atomic E-state index is 0.184. The van der Waals surface area contributed by atoms with Crippen LogP contribution in [-0.2, 0) is 6.42 Å². The smallest absolute Gasteiger partial charge is 0.0465 e. The predicted molar refractivity (Wildman–Crippen MR) is 95.3 cm³/mol. The quantitative estimate of drug-likeness (QED) is 0.638. The number of halogens is 3. The molecule has 1 atom stereocenters. The lowest BCUT2D eigenvalue weighted by Crippen LogP contribution is -2.24. The standard InChI is InChI=1S/C17H18BrCl2N/c1-2-8-21-17(10-12-4-3-5-14(19)9-12)15-7-6-13(18)11-16(15)20/h3-7,9,11,17,21H,2,8,10H2,1H3. The summed E-state index contributed by atoms with van der Waals surface area (Å²) in [6, 6.07) is 14.2. The van der Waals surface area contributed by atoms with Crippen LogP contribution in [0, 0.1) is 0 Å². The number of benzene rings is 2. The third-order valence-corrected chi connectivity index (χ3v) is 4.36. The van der Waals surface area contributed by atoms with E-state index in [-0.39, 0.29) is 6.04 Å². The summed E-state index contributed by atoms with van der Waals surface area (Å²) in [6.07, 6.45) is 1.95. The van der Waals surface area contributed by atoms with E-state index < -0.39 is 0 Å². The normalized spacial score (nSPS) is 12.4. The first-order chi connectivity index (χ1) is 10.1. The maximum Gasteiger partial charge on any atom is 0.0465 e. The molecule has 2 aromatic rings. The van der Waals surface area contributed by atoms with Crippen molar-refractivity contribution in [3.8, 4) is 0 Å². The van der Waals surface area contributed by atoms with Gasteiger partial charge in [-0.15, -0.1) is 0 Å². The highest BCUT2D eigenvalue weighted by Crippen LogP contribution is 2.29. The summed E-state index contributed by atoms with van der Waals surface area (Å²) in [7, 11) is 0. The van der Waals surface area contributed by atoms with Crippen LogP contribution in [0.3, 0.4) is 0 Å². The molecule has 0 heterocycles. The van der Waals surface area contributed by atoms with Crippen LogP contribution in [0.2, 0.25) is 10.0 Å². The molecule has 112 valence electrons. The van der Waals surface area contributed by atoms with Gasteiger partial charge >= 0.3 is 0 Å². The zero-order valence-electron chi connectivity index (χ0n) is 11.9. The second-order valence-electron chi connectivity index (χ2n) is 5.01. The van der Waals surface area contributed by atoms with E-state index in [1.807, 2.05) is 30.3 Å². The van der Waals surface area contributed by atoms with E-state index in [0.29, 0.717) is 0 Å². The lowest BCUT2D eigenvalue weighted by molar-refractivity contribution is 0.529. The molecule has 21 heavy (non-hydrogen) atoms. The first kappa shape index (κ1) is 16.8. The Kier molecular flexibility index (Phi) is 6.56. The maximum atomic E-state index is 6.40. The van der Waals surface area contributed by atoms with Crippen LogP contribution < -0.4 is 5.32 Å². The van der Waals surface area contributed by atoms with E-state index in [9.17, 15) is 0 Å². The van der Waals surface area contributed by atoms with E-state index in [2.05, 4.69) is 40.3 Å². The van der Waals surface area contributed by atoms with Gasteiger partial charge in [-0.3, -0.25) is 0 Å². The van der Waals surface area contributed by atoms with Crippen molar-refractivity contribution >= 4 is 39.1 Å². The molecule has 1 N–H and O–H groups in total. The minimum atomic E-state index is 0.184. The fourth-order valence-electron chi connectivity index (χ4n) is 2.29. The van der Waals surface area contributed by atoms with Crippen molar-refractivity contribution in [2.45, 2.75) is 25.8 Å². The van der Waals surface area contributed by atoms with Crippen LogP contribution >= 0.6 is 39.1 Å². The van der Waals surface area contributed by atoms with Gasteiger partial charge in [0.15, 0.2) is 0 Å². The molecule has 0 amide bonds. The molecule has 0 bridgehead atoms. The summed E-state index contributed by atoms with van der Waals surface area (Å²) in [6.45, 7) is 3.12. The molecule has 0 radical (unpaired) electrons. The van der Waals surface area contributed by atoms with Crippen LogP contribution in [0.4, 0.5) is 0 Å². The molecule has 0 aromatic heterocycles. The van der Waals surface area contributed by atoms with Crippen LogP contribution in [0.5, 0.6) is 0 Å². The third-order valence-electron chi connectivity index (χ3n) is 3.31. The zero-order chi connectivity index (χ0) is 15.2. The summed E-state index contributed by atoms with van der Waals surface area (Å²) in [5.74, 6) is 0. The first-order valence-corrected chi connectivity index (χ1v) is 8.58. The lowest BCUT2D eigenvalue weighted by atomic mass is 9.98. The summed E-state index contributed by atoms with van der Waals surface area (Å²) in [4.78, 5) is 0. The highest BCUT2D eigenvalue weighted by atomic mass is 79.9. The van der Waals surface area contributed by atoms with Crippen molar-refractivity contribution in [3.05, 3.63) is 68.1 Å². The predicted octanol–water partition coefficient (Wildman–Crippen LogP) is 6.04. The Morgan fingerprint density at radius 1 is 1.14 bits per heavy atom. The van der Waals surface area contributed by atoms with Gasteiger partial charge in [0, 0.05) is 20.6 Å². The van der Waals surface area contributed by atoms with Crippen molar-refractivity contribution in [2.24, 2.45) is 0 Å². The zero-order valence-corrected chi connectivity index (χ0v) is 15.0. The van der Waals surface area contributed by atoms with Crippen LogP contribution in [-0.4, -0.2) is 6.54 Å². The fourth-order valence-corrected chi connectivity index (χ4v) is 3.31. The van der Waals surface area contributed by atoms with E-state index in [0.717, 1.165) is 39.5 Å². The molecular weight excluding hydrogens is 369 g/mol. The largest absolute Gasteiger partial charge is 0.310 e. The van der Waals surface area contributed by atoms with Crippen molar-refractivity contribution in [2.75, 3.05) is 6.54 Å². The van der Waals surface area contributed by atoms with Crippen molar-refractivity contribution < 1.29 is 0 Å². The topological polar surface area (TPSA) is 12.0 Å². The summed E-state index contributed by atoms with van der Waals surface area (Å²) >= 11 is 15.9. The second-order valence-corrected chi connectivity index (χ2v) is 6.77. The van der Waals surface area contributed by atoms with Gasteiger partial charge in [-0.2, -0.15) is 0 Å². The number of hydrogen-bond acceptors (Lipinski definition) is 1. The Balaban J connectivity index is 2.25. The number of nitrogens with one attached hydrogen (secondary N) is 1. The second kappa shape index (κ2) is 8.19. The molecule has 0 spiro atoms. The molecule has 0 saturated carbocycles. The van der Waals surface area contributed by atoms with E-state index in [1.54, 1.807) is 0 Å². The van der Waals surface area contributed by atoms with Crippen LogP contribution in [0.1, 0.15) is 30.5 Å². The molecule has 0 saturated heterocycles. The molecule has 0 fully saturated rings. The first-order valence-electron chi connectivity index (χ1n) is 7.03. The molecule has 0 aliphatic carbocycles. The Labute approximate surface area is 144 Å². The van der Waals surface area contributed by atoms with Gasteiger partial charge in [0.05, 0.1) is 0 Å². The van der Waals surface area contributed by atoms with Gasteiger partial charge in [0.2, 0.25) is 0 Å². The lowest BCUT2D eigenvalue weighted by Gasteiger charge is -2.20. The average molecular weight is 387 g/mol. The SMILES string of the molecule is CCCNC(Cc1cccc(Cl)c1)c1ccc(Br)cc1Cl. The molecule has 0 aliphatic rings. The minimum Gasteiger partial charge on any atom is -0.310 e. The summed E-state index contributed by atoms with van der Waals surface area (Å²) < 4.78 is 0.994. The van der Waals surface area contributed by atoms with Gasteiger partial charge in [0.25, 0.3) is 0 Å². The Hall–Kier alpha value is -0.540. The average Bonchev–Trinajstić information content (AvgIpc) is 2.44. The van der Waals surface area contributed by atoms with Gasteiger partial charge in [0.1, 0.15) is 0 Å². The Morgan fingerprint density at radius 3 is 2.62 bits per heavy atom. The van der Waals surface area contributed by atoms with Gasteiger partial charge in [-0.25, -0.2) is 0 Å². The van der Waals surface area contributed by atoms with Crippen LogP contribution in [0.25, 0.3) is 0 Å². The van der Waals surface area contributed by atoms with Crippen molar-refractivity contribution in [1.29, 1.82) is 0 Å². The molecule has 1 unspecified atom stereocenters. The highest BCUT2D eigenvalue weighted by molar-refractivity contribution is 9.10. The molecule has 1 nitrogen and oxygen atoms in total. The molecular formula is C17H18BrCl2N. The van der Waals surface area contributed by atoms with Gasteiger partial charge < -0.3 is 5.32 Å². The van der Waals surface area contributed by atoms with E-state index in [4.69, 9.17) is 23.2 Å². The van der Waals surface area contributed by atoms with E-state index >= 15 is 0 Å². The van der Waals surface area contributed by atoms with E-state index in [1.165, 1.54) is 5.56 Å². The number of rotatable bonds is 6. The highest BCUT2D eigenvalue weighted by Gasteiger charge is 2.15. The maximum absolute atomic E-state index is 6.40. The fraction of sp³-hybridized carbons (Fsp3) is 0.294. The molecule has 4 heteroatoms. The number of hydrogen-bond donors (Lipinski definition) is 1. The molecule has 2 rings (SSSR count). The van der Waals surface area contributed by atoms with Crippen molar-refractivity contribution in [3.63, 3.8) is 0 Å². The Bertz CT molecular complexity index is 601. The summed E-state index contributed by atoms with van der Waals surface area (Å²) in [5.41, 5.74) is 2.32. The Morgan fingerprint density at radius 2 is 1.95 bits per heavy atom. The van der Waals surface area contributed by atoms with Gasteiger partial charge in [-0.05, 0) is 54.8 Å².